The molecule has 104 valence electrons. The quantitative estimate of drug-likeness (QED) is 0.745. The summed E-state index contributed by atoms with van der Waals surface area (Å²) in [6.45, 7) is 1.33. The van der Waals surface area contributed by atoms with Crippen LogP contribution in [0, 0.1) is 11.3 Å². The summed E-state index contributed by atoms with van der Waals surface area (Å²) in [4.78, 5) is 0. The largest absolute Gasteiger partial charge is 0.492 e. The Kier molecular flexibility index (Phi) is 3.48. The minimum atomic E-state index is 0.577. The topological polar surface area (TPSA) is 64.0 Å². The number of nitriles is 1. The number of benzene rings is 2. The molecule has 2 N–H and O–H groups in total. The maximum atomic E-state index is 8.91. The van der Waals surface area contributed by atoms with E-state index in [-0.39, 0.29) is 0 Å². The molecule has 0 saturated heterocycles. The van der Waals surface area contributed by atoms with Crippen LogP contribution in [0.3, 0.4) is 0 Å². The lowest BCUT2D eigenvalue weighted by molar-refractivity contribution is 0.300. The van der Waals surface area contributed by atoms with Gasteiger partial charge in [-0.25, -0.2) is 0 Å². The van der Waals surface area contributed by atoms with Crippen molar-refractivity contribution < 1.29 is 4.74 Å². The van der Waals surface area contributed by atoms with Crippen molar-refractivity contribution >= 4 is 16.6 Å². The van der Waals surface area contributed by atoms with E-state index in [4.69, 9.17) is 15.7 Å². The van der Waals surface area contributed by atoms with E-state index in [1.807, 2.05) is 54.7 Å². The Morgan fingerprint density at radius 1 is 1.10 bits per heavy atom. The second-order valence-electron chi connectivity index (χ2n) is 4.81. The van der Waals surface area contributed by atoms with Crippen LogP contribution in [0.1, 0.15) is 5.56 Å². The highest BCUT2D eigenvalue weighted by Gasteiger charge is 2.02. The number of nitrogens with zero attached hydrogens (tertiary/aromatic N) is 2. The van der Waals surface area contributed by atoms with Gasteiger partial charge >= 0.3 is 0 Å². The Labute approximate surface area is 123 Å². The molecular formula is C17H15N3O. The van der Waals surface area contributed by atoms with E-state index in [2.05, 4.69) is 10.6 Å². The highest BCUT2D eigenvalue weighted by atomic mass is 16.5. The van der Waals surface area contributed by atoms with Crippen molar-refractivity contribution in [2.75, 3.05) is 12.3 Å². The van der Waals surface area contributed by atoms with Gasteiger partial charge in [0.05, 0.1) is 18.2 Å². The van der Waals surface area contributed by atoms with E-state index < -0.39 is 0 Å². The highest BCUT2D eigenvalue weighted by molar-refractivity contribution is 5.81. The smallest absolute Gasteiger partial charge is 0.119 e. The summed E-state index contributed by atoms with van der Waals surface area (Å²) in [6.07, 6.45) is 2.01. The van der Waals surface area contributed by atoms with E-state index in [1.165, 1.54) is 0 Å². The maximum Gasteiger partial charge on any atom is 0.119 e. The third-order valence-corrected chi connectivity index (χ3v) is 3.38. The molecule has 4 heteroatoms. The zero-order chi connectivity index (χ0) is 14.7. The Morgan fingerprint density at radius 2 is 1.90 bits per heavy atom. The van der Waals surface area contributed by atoms with Crippen molar-refractivity contribution in [1.82, 2.24) is 4.57 Å². The summed E-state index contributed by atoms with van der Waals surface area (Å²) < 4.78 is 7.82. The molecule has 0 fully saturated rings. The first kappa shape index (κ1) is 13.1. The van der Waals surface area contributed by atoms with Gasteiger partial charge in [0.2, 0.25) is 0 Å². The van der Waals surface area contributed by atoms with Gasteiger partial charge < -0.3 is 15.0 Å². The number of hydrogen-bond acceptors (Lipinski definition) is 3. The molecule has 0 bridgehead atoms. The van der Waals surface area contributed by atoms with Crippen molar-refractivity contribution in [3.05, 3.63) is 60.3 Å². The Hall–Kier alpha value is -2.93. The molecule has 0 spiro atoms. The van der Waals surface area contributed by atoms with Crippen LogP contribution in [-0.4, -0.2) is 11.2 Å². The number of nitrogens with two attached hydrogens (primary N) is 1. The predicted octanol–water partition coefficient (Wildman–Crippen LogP) is 3.17. The fourth-order valence-corrected chi connectivity index (χ4v) is 2.29. The fourth-order valence-electron chi connectivity index (χ4n) is 2.29. The SMILES string of the molecule is N#Cc1ccc2c(ccn2CCOc2ccc(N)cc2)c1. The van der Waals surface area contributed by atoms with Crippen LogP contribution in [0.2, 0.25) is 0 Å². The standard InChI is InChI=1S/C17H15N3O/c18-12-13-1-6-17-14(11-13)7-8-20(17)9-10-21-16-4-2-15(19)3-5-16/h1-8,11H,9-10,19H2. The summed E-state index contributed by atoms with van der Waals surface area (Å²) in [5.41, 5.74) is 8.15. The normalized spacial score (nSPS) is 10.4. The van der Waals surface area contributed by atoms with Crippen LogP contribution in [0.25, 0.3) is 10.9 Å². The molecule has 0 atom stereocenters. The molecule has 0 aliphatic rings. The number of aromatic nitrogens is 1. The van der Waals surface area contributed by atoms with Gasteiger partial charge in [0.1, 0.15) is 12.4 Å². The monoisotopic (exact) mass is 277 g/mol. The predicted molar refractivity (Wildman–Crippen MR) is 83.0 cm³/mol. The van der Waals surface area contributed by atoms with Gasteiger partial charge in [-0.15, -0.1) is 0 Å². The van der Waals surface area contributed by atoms with Crippen LogP contribution in [-0.2, 0) is 6.54 Å². The summed E-state index contributed by atoms with van der Waals surface area (Å²) in [6, 6.07) is 17.2. The lowest BCUT2D eigenvalue weighted by atomic mass is 10.2. The zero-order valence-corrected chi connectivity index (χ0v) is 11.5. The lowest BCUT2D eigenvalue weighted by Crippen LogP contribution is -2.07. The number of rotatable bonds is 4. The third kappa shape index (κ3) is 2.82. The van der Waals surface area contributed by atoms with Crippen molar-refractivity contribution in [2.45, 2.75) is 6.54 Å². The molecule has 0 saturated carbocycles. The number of ether oxygens (including phenoxy) is 1. The average molecular weight is 277 g/mol. The first-order valence-electron chi connectivity index (χ1n) is 6.73. The van der Waals surface area contributed by atoms with Crippen LogP contribution in [0.5, 0.6) is 5.75 Å². The van der Waals surface area contributed by atoms with Gasteiger partial charge in [-0.1, -0.05) is 0 Å². The van der Waals surface area contributed by atoms with E-state index in [1.54, 1.807) is 0 Å². The van der Waals surface area contributed by atoms with Gasteiger partial charge in [0.15, 0.2) is 0 Å². The average Bonchev–Trinajstić information content (AvgIpc) is 2.91. The zero-order valence-electron chi connectivity index (χ0n) is 11.5. The molecule has 3 rings (SSSR count). The third-order valence-electron chi connectivity index (χ3n) is 3.38. The van der Waals surface area contributed by atoms with Crippen LogP contribution in [0.4, 0.5) is 5.69 Å². The van der Waals surface area contributed by atoms with E-state index in [0.29, 0.717) is 12.2 Å². The Bertz CT molecular complexity index is 797. The molecule has 2 aromatic carbocycles. The molecule has 0 amide bonds. The van der Waals surface area contributed by atoms with E-state index in [9.17, 15) is 0 Å². The first-order valence-corrected chi connectivity index (χ1v) is 6.73. The van der Waals surface area contributed by atoms with Gasteiger partial charge in [0, 0.05) is 22.8 Å². The van der Waals surface area contributed by atoms with E-state index in [0.717, 1.165) is 28.9 Å². The minimum absolute atomic E-state index is 0.577. The second-order valence-corrected chi connectivity index (χ2v) is 4.81. The van der Waals surface area contributed by atoms with Crippen LogP contribution >= 0.6 is 0 Å². The van der Waals surface area contributed by atoms with Crippen molar-refractivity contribution in [3.8, 4) is 11.8 Å². The summed E-state index contributed by atoms with van der Waals surface area (Å²) in [5.74, 6) is 0.812. The lowest BCUT2D eigenvalue weighted by Gasteiger charge is -2.08. The second kappa shape index (κ2) is 5.59. The number of fused-ring (bicyclic) bond motifs is 1. The summed E-state index contributed by atoms with van der Waals surface area (Å²) in [5, 5.41) is 9.98. The Balaban J connectivity index is 1.68. The Morgan fingerprint density at radius 3 is 2.67 bits per heavy atom. The van der Waals surface area contributed by atoms with E-state index >= 15 is 0 Å². The van der Waals surface area contributed by atoms with Crippen LogP contribution < -0.4 is 10.5 Å². The molecule has 1 aromatic heterocycles. The molecule has 0 aliphatic carbocycles. The van der Waals surface area contributed by atoms with Gasteiger partial charge in [-0.3, -0.25) is 0 Å². The molecule has 0 radical (unpaired) electrons. The first-order chi connectivity index (χ1) is 10.3. The van der Waals surface area contributed by atoms with Crippen molar-refractivity contribution in [2.24, 2.45) is 0 Å². The molecular weight excluding hydrogens is 262 g/mol. The fraction of sp³-hybridized carbons (Fsp3) is 0.118. The van der Waals surface area contributed by atoms with Crippen molar-refractivity contribution in [3.63, 3.8) is 0 Å². The number of anilines is 1. The molecule has 21 heavy (non-hydrogen) atoms. The van der Waals surface area contributed by atoms with Gasteiger partial charge in [-0.05, 0) is 48.5 Å². The molecule has 4 nitrogen and oxygen atoms in total. The molecule has 0 unspecified atom stereocenters. The molecule has 0 aliphatic heterocycles. The highest BCUT2D eigenvalue weighted by Crippen LogP contribution is 2.18. The van der Waals surface area contributed by atoms with Crippen LogP contribution in [0.15, 0.2) is 54.7 Å². The van der Waals surface area contributed by atoms with Gasteiger partial charge in [0.25, 0.3) is 0 Å². The molecule has 3 aromatic rings. The summed E-state index contributed by atoms with van der Waals surface area (Å²) in [7, 11) is 0. The molecule has 1 heterocycles. The maximum absolute atomic E-state index is 8.91. The van der Waals surface area contributed by atoms with Gasteiger partial charge in [-0.2, -0.15) is 5.26 Å². The number of hydrogen-bond donors (Lipinski definition) is 1. The summed E-state index contributed by atoms with van der Waals surface area (Å²) >= 11 is 0. The number of nitrogen functional groups attached to an aromatic ring is 1. The van der Waals surface area contributed by atoms with Crippen molar-refractivity contribution in [1.29, 1.82) is 5.26 Å². The minimum Gasteiger partial charge on any atom is -0.492 e.